The molecule has 104 valence electrons. The van der Waals surface area contributed by atoms with E-state index in [1.54, 1.807) is 12.1 Å². The zero-order chi connectivity index (χ0) is 13.8. The van der Waals surface area contributed by atoms with Crippen molar-refractivity contribution in [3.8, 4) is 5.75 Å². The number of ether oxygens (including phenoxy) is 1. The number of benzene rings is 1. The molecule has 2 rings (SSSR count). The van der Waals surface area contributed by atoms with E-state index in [2.05, 4.69) is 0 Å². The van der Waals surface area contributed by atoms with Crippen molar-refractivity contribution in [2.24, 2.45) is 0 Å². The minimum atomic E-state index is -1.08. The standard InChI is InChI=1S/C14H17ClO4/c15-9-6-7-12(10(8-9)14(17)18)19-13-5-3-1-2-4-11(13)16/h6-8,11,13,16H,1-5H2,(H,17,18). The molecule has 19 heavy (non-hydrogen) atoms. The number of carboxylic acids is 1. The molecule has 0 aromatic heterocycles. The van der Waals surface area contributed by atoms with Gasteiger partial charge in [-0.1, -0.05) is 24.4 Å². The smallest absolute Gasteiger partial charge is 0.339 e. The fourth-order valence-corrected chi connectivity index (χ4v) is 2.50. The molecule has 4 nitrogen and oxygen atoms in total. The molecule has 0 saturated heterocycles. The molecular weight excluding hydrogens is 268 g/mol. The van der Waals surface area contributed by atoms with E-state index in [1.807, 2.05) is 0 Å². The van der Waals surface area contributed by atoms with E-state index >= 15 is 0 Å². The number of aromatic carboxylic acids is 1. The lowest BCUT2D eigenvalue weighted by Crippen LogP contribution is -2.31. The summed E-state index contributed by atoms with van der Waals surface area (Å²) in [5.41, 5.74) is 0.0314. The number of halogens is 1. The van der Waals surface area contributed by atoms with Gasteiger partial charge in [0.05, 0.1) is 6.10 Å². The zero-order valence-electron chi connectivity index (χ0n) is 10.5. The van der Waals surface area contributed by atoms with Crippen LogP contribution in [0.5, 0.6) is 5.75 Å². The first-order valence-electron chi connectivity index (χ1n) is 6.45. The van der Waals surface area contributed by atoms with Gasteiger partial charge in [0, 0.05) is 5.02 Å². The molecule has 0 amide bonds. The highest BCUT2D eigenvalue weighted by atomic mass is 35.5. The first kappa shape index (κ1) is 14.2. The molecule has 2 atom stereocenters. The van der Waals surface area contributed by atoms with Crippen LogP contribution in [0.2, 0.25) is 5.02 Å². The number of carbonyl (C=O) groups is 1. The lowest BCUT2D eigenvalue weighted by molar-refractivity contribution is 0.0305. The number of rotatable bonds is 3. The fraction of sp³-hybridized carbons (Fsp3) is 0.500. The summed E-state index contributed by atoms with van der Waals surface area (Å²) in [7, 11) is 0. The van der Waals surface area contributed by atoms with Crippen LogP contribution >= 0.6 is 11.6 Å². The summed E-state index contributed by atoms with van der Waals surface area (Å²) < 4.78 is 5.71. The summed E-state index contributed by atoms with van der Waals surface area (Å²) in [5.74, 6) is -0.816. The second-order valence-electron chi connectivity index (χ2n) is 4.81. The van der Waals surface area contributed by atoms with E-state index in [9.17, 15) is 9.90 Å². The van der Waals surface area contributed by atoms with Crippen molar-refractivity contribution in [1.29, 1.82) is 0 Å². The van der Waals surface area contributed by atoms with Gasteiger partial charge in [0.25, 0.3) is 0 Å². The van der Waals surface area contributed by atoms with Gasteiger partial charge in [-0.3, -0.25) is 0 Å². The lowest BCUT2D eigenvalue weighted by atomic mass is 10.1. The number of aliphatic hydroxyl groups excluding tert-OH is 1. The largest absolute Gasteiger partial charge is 0.487 e. The molecule has 5 heteroatoms. The number of carboxylic acid groups (broad SMARTS) is 1. The normalized spacial score (nSPS) is 23.7. The number of hydrogen-bond acceptors (Lipinski definition) is 3. The minimum absolute atomic E-state index is 0.0314. The Morgan fingerprint density at radius 3 is 2.74 bits per heavy atom. The summed E-state index contributed by atoms with van der Waals surface area (Å²) in [6, 6.07) is 4.50. The maximum Gasteiger partial charge on any atom is 0.339 e. The van der Waals surface area contributed by atoms with E-state index in [0.717, 1.165) is 25.7 Å². The van der Waals surface area contributed by atoms with Gasteiger partial charge in [-0.15, -0.1) is 0 Å². The average Bonchev–Trinajstić information content (AvgIpc) is 2.57. The molecule has 0 spiro atoms. The van der Waals surface area contributed by atoms with Gasteiger partial charge in [0.15, 0.2) is 0 Å². The van der Waals surface area contributed by atoms with Crippen molar-refractivity contribution >= 4 is 17.6 Å². The molecule has 1 aromatic rings. The Hall–Kier alpha value is -1.26. The van der Waals surface area contributed by atoms with Crippen LogP contribution in [0.1, 0.15) is 42.5 Å². The molecule has 0 aliphatic heterocycles. The Morgan fingerprint density at radius 1 is 1.26 bits per heavy atom. The monoisotopic (exact) mass is 284 g/mol. The van der Waals surface area contributed by atoms with Crippen LogP contribution in [0.25, 0.3) is 0 Å². The lowest BCUT2D eigenvalue weighted by Gasteiger charge is -2.23. The van der Waals surface area contributed by atoms with E-state index in [-0.39, 0.29) is 17.4 Å². The highest BCUT2D eigenvalue weighted by Gasteiger charge is 2.25. The highest BCUT2D eigenvalue weighted by Crippen LogP contribution is 2.28. The van der Waals surface area contributed by atoms with Crippen LogP contribution in [0.4, 0.5) is 0 Å². The zero-order valence-corrected chi connectivity index (χ0v) is 11.3. The molecule has 2 N–H and O–H groups in total. The number of hydrogen-bond donors (Lipinski definition) is 2. The molecule has 0 heterocycles. The fourth-order valence-electron chi connectivity index (χ4n) is 2.33. The molecule has 1 aliphatic rings. The molecule has 0 radical (unpaired) electrons. The van der Waals surface area contributed by atoms with Crippen molar-refractivity contribution in [3.63, 3.8) is 0 Å². The Kier molecular flexibility index (Phi) is 4.66. The maximum atomic E-state index is 11.2. The van der Waals surface area contributed by atoms with Gasteiger partial charge in [0.2, 0.25) is 0 Å². The van der Waals surface area contributed by atoms with E-state index in [4.69, 9.17) is 21.4 Å². The average molecular weight is 285 g/mol. The predicted molar refractivity (Wildman–Crippen MR) is 71.9 cm³/mol. The van der Waals surface area contributed by atoms with Crippen LogP contribution in [0.3, 0.4) is 0 Å². The van der Waals surface area contributed by atoms with Crippen molar-refractivity contribution in [2.45, 2.75) is 44.3 Å². The van der Waals surface area contributed by atoms with Crippen LogP contribution in [0, 0.1) is 0 Å². The molecule has 2 unspecified atom stereocenters. The summed E-state index contributed by atoms with van der Waals surface area (Å²) in [5, 5.41) is 19.5. The third-order valence-electron chi connectivity index (χ3n) is 3.37. The first-order chi connectivity index (χ1) is 9.08. The van der Waals surface area contributed by atoms with Crippen molar-refractivity contribution in [1.82, 2.24) is 0 Å². The molecular formula is C14H17ClO4. The molecule has 1 saturated carbocycles. The van der Waals surface area contributed by atoms with Crippen molar-refractivity contribution in [3.05, 3.63) is 28.8 Å². The summed E-state index contributed by atoms with van der Waals surface area (Å²) in [6.45, 7) is 0. The maximum absolute atomic E-state index is 11.2. The van der Waals surface area contributed by atoms with Crippen LogP contribution < -0.4 is 4.74 Å². The van der Waals surface area contributed by atoms with Gasteiger partial charge < -0.3 is 14.9 Å². The van der Waals surface area contributed by atoms with E-state index < -0.39 is 12.1 Å². The predicted octanol–water partition coefficient (Wildman–Crippen LogP) is 3.11. The van der Waals surface area contributed by atoms with E-state index in [0.29, 0.717) is 11.4 Å². The minimum Gasteiger partial charge on any atom is -0.487 e. The van der Waals surface area contributed by atoms with Gasteiger partial charge in [0.1, 0.15) is 17.4 Å². The summed E-state index contributed by atoms with van der Waals surface area (Å²) in [6.07, 6.45) is 3.58. The van der Waals surface area contributed by atoms with Crippen molar-refractivity contribution in [2.75, 3.05) is 0 Å². The molecule has 1 fully saturated rings. The van der Waals surface area contributed by atoms with Gasteiger partial charge >= 0.3 is 5.97 Å². The van der Waals surface area contributed by atoms with Crippen molar-refractivity contribution < 1.29 is 19.7 Å². The number of aliphatic hydroxyl groups is 1. The molecule has 0 bridgehead atoms. The van der Waals surface area contributed by atoms with Crippen LogP contribution in [-0.2, 0) is 0 Å². The third-order valence-corrected chi connectivity index (χ3v) is 3.60. The Morgan fingerprint density at radius 2 is 2.00 bits per heavy atom. The second kappa shape index (κ2) is 6.26. The Bertz CT molecular complexity index is 461. The second-order valence-corrected chi connectivity index (χ2v) is 5.24. The summed E-state index contributed by atoms with van der Waals surface area (Å²) >= 11 is 5.79. The van der Waals surface area contributed by atoms with Crippen LogP contribution in [0.15, 0.2) is 18.2 Å². The molecule has 1 aliphatic carbocycles. The SMILES string of the molecule is O=C(O)c1cc(Cl)ccc1OC1CCCCCC1O. The van der Waals surface area contributed by atoms with Gasteiger partial charge in [-0.05, 0) is 37.5 Å². The quantitative estimate of drug-likeness (QED) is 0.837. The third kappa shape index (κ3) is 3.61. The first-order valence-corrected chi connectivity index (χ1v) is 6.83. The molecule has 1 aromatic carbocycles. The highest BCUT2D eigenvalue weighted by molar-refractivity contribution is 6.31. The van der Waals surface area contributed by atoms with Gasteiger partial charge in [-0.25, -0.2) is 4.79 Å². The van der Waals surface area contributed by atoms with E-state index in [1.165, 1.54) is 6.07 Å². The topological polar surface area (TPSA) is 66.8 Å². The van der Waals surface area contributed by atoms with Gasteiger partial charge in [-0.2, -0.15) is 0 Å². The summed E-state index contributed by atoms with van der Waals surface area (Å²) in [4.78, 5) is 11.2. The Balaban J connectivity index is 2.19. The Labute approximate surface area is 117 Å². The van der Waals surface area contributed by atoms with Crippen LogP contribution in [-0.4, -0.2) is 28.4 Å².